The zero-order valence-corrected chi connectivity index (χ0v) is 16.5. The van der Waals surface area contributed by atoms with Crippen molar-refractivity contribution < 1.29 is 27.4 Å². The van der Waals surface area contributed by atoms with E-state index in [-0.39, 0.29) is 12.3 Å². The van der Waals surface area contributed by atoms with Crippen molar-refractivity contribution in [2.24, 2.45) is 0 Å². The second kappa shape index (κ2) is 9.15. The number of aryl methyl sites for hydroxylation is 1. The molecule has 0 saturated carbocycles. The fourth-order valence-electron chi connectivity index (χ4n) is 2.39. The third-order valence-corrected chi connectivity index (χ3v) is 4.96. The molecule has 152 valence electrons. The molecule has 0 spiro atoms. The normalized spacial score (nSPS) is 10.8. The van der Waals surface area contributed by atoms with Crippen LogP contribution >= 0.6 is 22.9 Å². The number of aromatic nitrogens is 1. The molecule has 0 atom stereocenters. The number of amides is 1. The Kier molecular flexibility index (Phi) is 6.60. The minimum atomic E-state index is -3.10. The van der Waals surface area contributed by atoms with Gasteiger partial charge in [0.05, 0.1) is 5.69 Å². The Morgan fingerprint density at radius 3 is 2.62 bits per heavy atom. The molecule has 0 saturated heterocycles. The zero-order chi connectivity index (χ0) is 21.0. The predicted molar refractivity (Wildman–Crippen MR) is 104 cm³/mol. The van der Waals surface area contributed by atoms with Crippen LogP contribution in [0.15, 0.2) is 42.5 Å². The summed E-state index contributed by atoms with van der Waals surface area (Å²) in [4.78, 5) is 17.1. The molecule has 29 heavy (non-hydrogen) atoms. The molecule has 1 heterocycles. The van der Waals surface area contributed by atoms with Gasteiger partial charge in [0, 0.05) is 22.8 Å². The molecule has 0 aliphatic heterocycles. The molecule has 2 aromatic carbocycles. The molecule has 10 heteroatoms. The lowest BCUT2D eigenvalue weighted by atomic mass is 10.2. The average Bonchev–Trinajstić information content (AvgIpc) is 3.01. The van der Waals surface area contributed by atoms with Crippen LogP contribution in [-0.4, -0.2) is 17.5 Å². The number of nitrogens with zero attached hydrogens (tertiary/aromatic N) is 1. The van der Waals surface area contributed by atoms with Crippen molar-refractivity contribution in [1.82, 2.24) is 4.98 Å². The number of carbonyl (C=O) groups is 1. The molecule has 1 amide bonds. The highest BCUT2D eigenvalue weighted by molar-refractivity contribution is 7.13. The van der Waals surface area contributed by atoms with Gasteiger partial charge in [-0.05, 0) is 37.3 Å². The first-order valence-corrected chi connectivity index (χ1v) is 9.41. The quantitative estimate of drug-likeness (QED) is 0.511. The summed E-state index contributed by atoms with van der Waals surface area (Å²) in [5.74, 6) is -1.17. The lowest BCUT2D eigenvalue weighted by Gasteiger charge is -2.08. The fourth-order valence-corrected chi connectivity index (χ4v) is 3.39. The van der Waals surface area contributed by atoms with Crippen molar-refractivity contribution in [1.29, 1.82) is 0 Å². The summed E-state index contributed by atoms with van der Waals surface area (Å²) >= 11 is 6.93. The molecule has 1 N–H and O–H groups in total. The second-order valence-electron chi connectivity index (χ2n) is 5.77. The van der Waals surface area contributed by atoms with Gasteiger partial charge < -0.3 is 14.8 Å². The molecule has 3 aromatic rings. The highest BCUT2D eigenvalue weighted by Gasteiger charge is 2.17. The number of ether oxygens (including phenoxy) is 2. The molecular weight excluding hydrogens is 429 g/mol. The second-order valence-corrected chi connectivity index (χ2v) is 7.29. The minimum absolute atomic E-state index is 0.0163. The Labute approximate surface area is 173 Å². The fraction of sp³-hybridized carbons (Fsp3) is 0.158. The molecule has 0 radical (unpaired) electrons. The van der Waals surface area contributed by atoms with Gasteiger partial charge in [0.1, 0.15) is 33.8 Å². The summed E-state index contributed by atoms with van der Waals surface area (Å²) in [5.41, 5.74) is 0.445. The number of benzene rings is 2. The number of halogens is 4. The maximum absolute atomic E-state index is 13.6. The summed E-state index contributed by atoms with van der Waals surface area (Å²) in [6.07, 6.45) is 0. The molecule has 3 rings (SSSR count). The third-order valence-electron chi connectivity index (χ3n) is 3.58. The van der Waals surface area contributed by atoms with E-state index in [0.717, 1.165) is 29.5 Å². The lowest BCUT2D eigenvalue weighted by molar-refractivity contribution is -0.0499. The smallest absolute Gasteiger partial charge is 0.387 e. The number of rotatable bonds is 7. The van der Waals surface area contributed by atoms with E-state index < -0.39 is 24.1 Å². The number of nitrogens with one attached hydrogen (secondary N) is 1. The van der Waals surface area contributed by atoms with E-state index in [0.29, 0.717) is 26.4 Å². The van der Waals surface area contributed by atoms with Crippen LogP contribution in [0.1, 0.15) is 20.4 Å². The standard InChI is InChI=1S/C19H14ClF3N2O3S/c1-10-17(29-16(24-10)9-27-14-4-2-11(20)3-5-14)18(26)25-13-6-12(21)7-15(8-13)28-19(22)23/h2-8,19H,9H2,1H3,(H,25,26). The maximum Gasteiger partial charge on any atom is 0.387 e. The zero-order valence-electron chi connectivity index (χ0n) is 14.9. The van der Waals surface area contributed by atoms with Crippen molar-refractivity contribution in [2.75, 3.05) is 5.32 Å². The number of hydrogen-bond donors (Lipinski definition) is 1. The summed E-state index contributed by atoms with van der Waals surface area (Å²) in [7, 11) is 0. The summed E-state index contributed by atoms with van der Waals surface area (Å²) < 4.78 is 48.0. The topological polar surface area (TPSA) is 60.5 Å². The van der Waals surface area contributed by atoms with Crippen LogP contribution in [0.2, 0.25) is 5.02 Å². The maximum atomic E-state index is 13.6. The Balaban J connectivity index is 1.68. The third kappa shape index (κ3) is 5.85. The van der Waals surface area contributed by atoms with Crippen LogP contribution in [0.3, 0.4) is 0 Å². The highest BCUT2D eigenvalue weighted by Crippen LogP contribution is 2.25. The van der Waals surface area contributed by atoms with Crippen LogP contribution in [0.5, 0.6) is 11.5 Å². The van der Waals surface area contributed by atoms with E-state index in [9.17, 15) is 18.0 Å². The van der Waals surface area contributed by atoms with Crippen molar-refractivity contribution >= 4 is 34.5 Å². The van der Waals surface area contributed by atoms with Gasteiger partial charge in [-0.25, -0.2) is 9.37 Å². The van der Waals surface area contributed by atoms with Crippen molar-refractivity contribution in [3.8, 4) is 11.5 Å². The van der Waals surface area contributed by atoms with Gasteiger partial charge in [0.2, 0.25) is 0 Å². The first-order chi connectivity index (χ1) is 13.8. The van der Waals surface area contributed by atoms with E-state index >= 15 is 0 Å². The predicted octanol–water partition coefficient (Wildman–Crippen LogP) is 5.68. The van der Waals surface area contributed by atoms with Crippen LogP contribution < -0.4 is 14.8 Å². The van der Waals surface area contributed by atoms with Crippen LogP contribution in [0.25, 0.3) is 0 Å². The Morgan fingerprint density at radius 1 is 1.21 bits per heavy atom. The monoisotopic (exact) mass is 442 g/mol. The molecule has 0 fully saturated rings. The van der Waals surface area contributed by atoms with E-state index in [1.54, 1.807) is 31.2 Å². The van der Waals surface area contributed by atoms with Gasteiger partial charge in [-0.2, -0.15) is 8.78 Å². The number of thiazole rings is 1. The average molecular weight is 443 g/mol. The summed E-state index contributed by atoms with van der Waals surface area (Å²) in [6.45, 7) is -1.31. The summed E-state index contributed by atoms with van der Waals surface area (Å²) in [6, 6.07) is 9.69. The number of alkyl halides is 2. The van der Waals surface area contributed by atoms with Gasteiger partial charge in [0.25, 0.3) is 5.91 Å². The first kappa shape index (κ1) is 20.9. The van der Waals surface area contributed by atoms with Crippen LogP contribution in [0.4, 0.5) is 18.9 Å². The SMILES string of the molecule is Cc1nc(COc2ccc(Cl)cc2)sc1C(=O)Nc1cc(F)cc(OC(F)F)c1. The lowest BCUT2D eigenvalue weighted by Crippen LogP contribution is -2.12. The van der Waals surface area contributed by atoms with Crippen molar-refractivity contribution in [3.05, 3.63) is 68.9 Å². The Bertz CT molecular complexity index is 1010. The number of anilines is 1. The van der Waals surface area contributed by atoms with Crippen LogP contribution in [0, 0.1) is 12.7 Å². The van der Waals surface area contributed by atoms with E-state index in [4.69, 9.17) is 16.3 Å². The highest BCUT2D eigenvalue weighted by atomic mass is 35.5. The molecule has 0 unspecified atom stereocenters. The minimum Gasteiger partial charge on any atom is -0.486 e. The van der Waals surface area contributed by atoms with Gasteiger partial charge in [-0.15, -0.1) is 11.3 Å². The van der Waals surface area contributed by atoms with Gasteiger partial charge in [0.15, 0.2) is 0 Å². The van der Waals surface area contributed by atoms with E-state index in [1.807, 2.05) is 0 Å². The molecule has 1 aromatic heterocycles. The van der Waals surface area contributed by atoms with Crippen molar-refractivity contribution in [2.45, 2.75) is 20.1 Å². The molecule has 5 nitrogen and oxygen atoms in total. The first-order valence-electron chi connectivity index (χ1n) is 8.21. The van der Waals surface area contributed by atoms with Gasteiger partial charge in [-0.1, -0.05) is 11.6 Å². The number of hydrogen-bond acceptors (Lipinski definition) is 5. The van der Waals surface area contributed by atoms with Crippen LogP contribution in [-0.2, 0) is 6.61 Å². The largest absolute Gasteiger partial charge is 0.486 e. The van der Waals surface area contributed by atoms with E-state index in [1.165, 1.54) is 0 Å². The van der Waals surface area contributed by atoms with Crippen molar-refractivity contribution in [3.63, 3.8) is 0 Å². The van der Waals surface area contributed by atoms with Gasteiger partial charge in [-0.3, -0.25) is 4.79 Å². The molecular formula is C19H14ClF3N2O3S. The molecule has 0 aliphatic carbocycles. The van der Waals surface area contributed by atoms with Gasteiger partial charge >= 0.3 is 6.61 Å². The number of carbonyl (C=O) groups excluding carboxylic acids is 1. The Hall–Kier alpha value is -2.78. The Morgan fingerprint density at radius 2 is 1.93 bits per heavy atom. The van der Waals surface area contributed by atoms with E-state index in [2.05, 4.69) is 15.0 Å². The molecule has 0 aliphatic rings. The summed E-state index contributed by atoms with van der Waals surface area (Å²) in [5, 5.41) is 3.60. The molecule has 0 bridgehead atoms.